The Bertz CT molecular complexity index is 782. The lowest BCUT2D eigenvalue weighted by Crippen LogP contribution is -2.05. The van der Waals surface area contributed by atoms with Crippen LogP contribution < -0.4 is 5.32 Å². The van der Waals surface area contributed by atoms with Gasteiger partial charge in [0.1, 0.15) is 5.82 Å². The molecule has 0 unspecified atom stereocenters. The summed E-state index contributed by atoms with van der Waals surface area (Å²) in [5.41, 5.74) is 3.77. The van der Waals surface area contributed by atoms with E-state index in [-0.39, 0.29) is 0 Å². The molecule has 104 valence electrons. The molecule has 0 spiro atoms. The molecule has 1 heterocycles. The Morgan fingerprint density at radius 1 is 1.10 bits per heavy atom. The van der Waals surface area contributed by atoms with Gasteiger partial charge in [-0.1, -0.05) is 48.5 Å². The summed E-state index contributed by atoms with van der Waals surface area (Å²) in [4.78, 5) is 15.9. The summed E-state index contributed by atoms with van der Waals surface area (Å²) < 4.78 is 0. The summed E-state index contributed by atoms with van der Waals surface area (Å²) in [7, 11) is 0. The second-order valence-corrected chi connectivity index (χ2v) is 5.03. The number of pyridine rings is 1. The number of fused-ring (bicyclic) bond motifs is 1. The van der Waals surface area contributed by atoms with Crippen molar-refractivity contribution in [3.8, 4) is 0 Å². The SMILES string of the molecule is Cc1cccc2cc(C=O)c(NCc3ccccc3)nc12. The van der Waals surface area contributed by atoms with Gasteiger partial charge in [0, 0.05) is 11.9 Å². The van der Waals surface area contributed by atoms with Crippen LogP contribution in [0.15, 0.2) is 54.6 Å². The number of carbonyl (C=O) groups is 1. The minimum absolute atomic E-state index is 0.587. The fourth-order valence-corrected chi connectivity index (χ4v) is 2.38. The lowest BCUT2D eigenvalue weighted by atomic mass is 10.1. The lowest BCUT2D eigenvalue weighted by molar-refractivity contribution is 0.112. The molecule has 3 aromatic rings. The van der Waals surface area contributed by atoms with Crippen molar-refractivity contribution < 1.29 is 4.79 Å². The number of carbonyl (C=O) groups excluding carboxylic acids is 1. The average Bonchev–Trinajstić information content (AvgIpc) is 2.53. The van der Waals surface area contributed by atoms with E-state index in [4.69, 9.17) is 0 Å². The van der Waals surface area contributed by atoms with Crippen molar-refractivity contribution in [2.75, 3.05) is 5.32 Å². The van der Waals surface area contributed by atoms with Crippen LogP contribution in [0.1, 0.15) is 21.5 Å². The molecule has 2 aromatic carbocycles. The van der Waals surface area contributed by atoms with Crippen LogP contribution in [-0.2, 0) is 6.54 Å². The van der Waals surface area contributed by atoms with Gasteiger partial charge >= 0.3 is 0 Å². The van der Waals surface area contributed by atoms with E-state index in [0.29, 0.717) is 17.9 Å². The molecule has 3 heteroatoms. The summed E-state index contributed by atoms with van der Waals surface area (Å²) >= 11 is 0. The van der Waals surface area contributed by atoms with Crippen molar-refractivity contribution in [2.45, 2.75) is 13.5 Å². The fraction of sp³-hybridized carbons (Fsp3) is 0.111. The van der Waals surface area contributed by atoms with Crippen molar-refractivity contribution in [3.05, 3.63) is 71.3 Å². The third-order valence-electron chi connectivity index (χ3n) is 3.51. The largest absolute Gasteiger partial charge is 0.365 e. The highest BCUT2D eigenvalue weighted by Crippen LogP contribution is 2.22. The molecule has 0 aliphatic carbocycles. The van der Waals surface area contributed by atoms with Crippen LogP contribution in [0.5, 0.6) is 0 Å². The van der Waals surface area contributed by atoms with Crippen molar-refractivity contribution in [2.24, 2.45) is 0 Å². The maximum absolute atomic E-state index is 11.3. The Hall–Kier alpha value is -2.68. The number of aromatic nitrogens is 1. The van der Waals surface area contributed by atoms with Crippen LogP contribution in [-0.4, -0.2) is 11.3 Å². The van der Waals surface area contributed by atoms with Gasteiger partial charge in [-0.3, -0.25) is 4.79 Å². The Balaban J connectivity index is 1.97. The fourth-order valence-electron chi connectivity index (χ4n) is 2.38. The van der Waals surface area contributed by atoms with Crippen molar-refractivity contribution in [1.29, 1.82) is 0 Å². The molecular formula is C18H16N2O. The zero-order valence-corrected chi connectivity index (χ0v) is 11.8. The average molecular weight is 276 g/mol. The number of rotatable bonds is 4. The Morgan fingerprint density at radius 2 is 1.90 bits per heavy atom. The van der Waals surface area contributed by atoms with Gasteiger partial charge in [0.2, 0.25) is 0 Å². The van der Waals surface area contributed by atoms with Gasteiger partial charge in [-0.15, -0.1) is 0 Å². The highest BCUT2D eigenvalue weighted by atomic mass is 16.1. The summed E-state index contributed by atoms with van der Waals surface area (Å²) in [5, 5.41) is 4.25. The van der Waals surface area contributed by atoms with E-state index in [9.17, 15) is 4.79 Å². The molecule has 0 aliphatic heterocycles. The van der Waals surface area contributed by atoms with Crippen LogP contribution in [0.25, 0.3) is 10.9 Å². The monoisotopic (exact) mass is 276 g/mol. The number of benzene rings is 2. The van der Waals surface area contributed by atoms with Crippen molar-refractivity contribution >= 4 is 23.0 Å². The second-order valence-electron chi connectivity index (χ2n) is 5.03. The van der Waals surface area contributed by atoms with E-state index < -0.39 is 0 Å². The van der Waals surface area contributed by atoms with Crippen LogP contribution in [0.3, 0.4) is 0 Å². The van der Waals surface area contributed by atoms with Gasteiger partial charge in [0.15, 0.2) is 6.29 Å². The number of hydrogen-bond donors (Lipinski definition) is 1. The summed E-state index contributed by atoms with van der Waals surface area (Å²) in [5.74, 6) is 0.635. The van der Waals surface area contributed by atoms with Crippen LogP contribution in [0, 0.1) is 6.92 Å². The molecule has 1 N–H and O–H groups in total. The molecule has 0 bridgehead atoms. The van der Waals surface area contributed by atoms with Crippen molar-refractivity contribution in [3.63, 3.8) is 0 Å². The Kier molecular flexibility index (Phi) is 3.65. The number of para-hydroxylation sites is 1. The van der Waals surface area contributed by atoms with E-state index in [1.807, 2.05) is 61.5 Å². The van der Waals surface area contributed by atoms with E-state index in [1.165, 1.54) is 0 Å². The number of hydrogen-bond acceptors (Lipinski definition) is 3. The van der Waals surface area contributed by atoms with Crippen molar-refractivity contribution in [1.82, 2.24) is 4.98 Å². The summed E-state index contributed by atoms with van der Waals surface area (Å²) in [6.07, 6.45) is 0.849. The topological polar surface area (TPSA) is 42.0 Å². The summed E-state index contributed by atoms with van der Waals surface area (Å²) in [6, 6.07) is 17.9. The van der Waals surface area contributed by atoms with E-state index in [0.717, 1.165) is 28.3 Å². The molecule has 1 aromatic heterocycles. The van der Waals surface area contributed by atoms with Gasteiger partial charge in [-0.2, -0.15) is 0 Å². The van der Waals surface area contributed by atoms with E-state index in [2.05, 4.69) is 10.3 Å². The molecule has 0 saturated heterocycles. The smallest absolute Gasteiger partial charge is 0.153 e. The first kappa shape index (κ1) is 13.3. The Labute approximate surface area is 123 Å². The van der Waals surface area contributed by atoms with Gasteiger partial charge < -0.3 is 5.32 Å². The third kappa shape index (κ3) is 2.77. The molecule has 3 rings (SSSR count). The molecule has 21 heavy (non-hydrogen) atoms. The predicted octanol–water partition coefficient (Wildman–Crippen LogP) is 3.97. The maximum atomic E-state index is 11.3. The normalized spacial score (nSPS) is 10.5. The van der Waals surface area contributed by atoms with Crippen LogP contribution >= 0.6 is 0 Å². The molecule has 0 atom stereocenters. The van der Waals surface area contributed by atoms with Gasteiger partial charge in [0.05, 0.1) is 11.1 Å². The van der Waals surface area contributed by atoms with Gasteiger partial charge in [-0.05, 0) is 24.1 Å². The van der Waals surface area contributed by atoms with E-state index >= 15 is 0 Å². The van der Waals surface area contributed by atoms with Gasteiger partial charge in [0.25, 0.3) is 0 Å². The van der Waals surface area contributed by atoms with Gasteiger partial charge in [-0.25, -0.2) is 4.98 Å². The number of anilines is 1. The molecule has 0 aliphatic rings. The Morgan fingerprint density at radius 3 is 2.67 bits per heavy atom. The highest BCUT2D eigenvalue weighted by molar-refractivity contribution is 5.92. The molecule has 0 amide bonds. The predicted molar refractivity (Wildman–Crippen MR) is 85.6 cm³/mol. The number of nitrogens with one attached hydrogen (secondary N) is 1. The van der Waals surface area contributed by atoms with E-state index in [1.54, 1.807) is 0 Å². The molecule has 0 radical (unpaired) electrons. The molecular weight excluding hydrogens is 260 g/mol. The zero-order chi connectivity index (χ0) is 14.7. The zero-order valence-electron chi connectivity index (χ0n) is 11.8. The summed E-state index contributed by atoms with van der Waals surface area (Å²) in [6.45, 7) is 2.67. The first-order valence-corrected chi connectivity index (χ1v) is 6.91. The standard InChI is InChI=1S/C18H16N2O/c1-13-6-5-9-15-10-16(12-21)18(20-17(13)15)19-11-14-7-3-2-4-8-14/h2-10,12H,11H2,1H3,(H,19,20). The second kappa shape index (κ2) is 5.75. The van der Waals surface area contributed by atoms with Crippen LogP contribution in [0.4, 0.5) is 5.82 Å². The quantitative estimate of drug-likeness (QED) is 0.733. The highest BCUT2D eigenvalue weighted by Gasteiger charge is 2.07. The number of aryl methyl sites for hydroxylation is 1. The molecule has 3 nitrogen and oxygen atoms in total. The minimum atomic E-state index is 0.587. The maximum Gasteiger partial charge on any atom is 0.153 e. The number of nitrogens with zero attached hydrogens (tertiary/aromatic N) is 1. The lowest BCUT2D eigenvalue weighted by Gasteiger charge is -2.10. The first-order valence-electron chi connectivity index (χ1n) is 6.91. The first-order chi connectivity index (χ1) is 10.3. The molecule has 0 fully saturated rings. The van der Waals surface area contributed by atoms with Crippen LogP contribution in [0.2, 0.25) is 0 Å². The number of aldehydes is 1. The third-order valence-corrected chi connectivity index (χ3v) is 3.51. The molecule has 0 saturated carbocycles. The minimum Gasteiger partial charge on any atom is -0.365 e.